The second-order valence-corrected chi connectivity index (χ2v) is 19.3. The van der Waals surface area contributed by atoms with Crippen LogP contribution in [0.2, 0.25) is 0 Å². The van der Waals surface area contributed by atoms with Crippen LogP contribution >= 0.6 is 7.82 Å². The van der Waals surface area contributed by atoms with Crippen LogP contribution in [-0.4, -0.2) is 73.4 Å². The molecule has 3 N–H and O–H groups in total. The number of amides is 1. The van der Waals surface area contributed by atoms with Gasteiger partial charge in [-0.05, 0) is 51.4 Å². The number of likely N-dealkylation sites (N-methyl/N-ethyl adjacent to an activating group) is 1. The Kier molecular flexibility index (Phi) is 40.2. The highest BCUT2D eigenvalue weighted by atomic mass is 31.2. The number of rotatable bonds is 44. The Morgan fingerprint density at radius 1 is 0.569 bits per heavy atom. The maximum absolute atomic E-state index is 12.8. The second kappa shape index (κ2) is 41.1. The highest BCUT2D eigenvalue weighted by molar-refractivity contribution is 7.47. The minimum Gasteiger partial charge on any atom is -0.387 e. The zero-order valence-corrected chi connectivity index (χ0v) is 39.7. The third-order valence-electron chi connectivity index (χ3n) is 10.8. The fourth-order valence-corrected chi connectivity index (χ4v) is 7.68. The SMILES string of the molecule is CCC/C=C\CCCCCCCC(=O)NC(COP(=O)(O)OCC[N+](C)(C)C)C(O)/C=C/CC/C=C/CCCCCCCCCCCCCCCCCCCCCC. The number of allylic oxidation sites excluding steroid dienone is 5. The van der Waals surface area contributed by atoms with Crippen LogP contribution in [0, 0.1) is 0 Å². The molecule has 8 nitrogen and oxygen atoms in total. The number of nitrogens with zero attached hydrogens (tertiary/aromatic N) is 1. The van der Waals surface area contributed by atoms with Crippen LogP contribution in [0.3, 0.4) is 0 Å². The molecule has 0 aliphatic heterocycles. The van der Waals surface area contributed by atoms with Crippen LogP contribution in [0.4, 0.5) is 0 Å². The molecule has 0 heterocycles. The van der Waals surface area contributed by atoms with Crippen LogP contribution in [0.5, 0.6) is 0 Å². The molecule has 0 saturated heterocycles. The summed E-state index contributed by atoms with van der Waals surface area (Å²) in [6.07, 6.45) is 51.1. The lowest BCUT2D eigenvalue weighted by Crippen LogP contribution is -2.45. The van der Waals surface area contributed by atoms with Crippen LogP contribution in [-0.2, 0) is 18.4 Å². The van der Waals surface area contributed by atoms with E-state index in [9.17, 15) is 19.4 Å². The van der Waals surface area contributed by atoms with Gasteiger partial charge in [0, 0.05) is 6.42 Å². The van der Waals surface area contributed by atoms with E-state index in [4.69, 9.17) is 9.05 Å². The van der Waals surface area contributed by atoms with Crippen molar-refractivity contribution >= 4 is 13.7 Å². The molecular weight excluding hydrogens is 744 g/mol. The fourth-order valence-electron chi connectivity index (χ4n) is 6.94. The zero-order chi connectivity index (χ0) is 42.8. The maximum Gasteiger partial charge on any atom is 0.472 e. The number of carbonyl (C=O) groups excluding carboxylic acids is 1. The molecule has 0 aromatic carbocycles. The number of phosphoric ester groups is 1. The van der Waals surface area contributed by atoms with Crippen LogP contribution in [0.15, 0.2) is 36.5 Å². The molecule has 1 amide bonds. The summed E-state index contributed by atoms with van der Waals surface area (Å²) in [7, 11) is 1.55. The summed E-state index contributed by atoms with van der Waals surface area (Å²) in [5, 5.41) is 13.8. The molecule has 0 saturated carbocycles. The summed E-state index contributed by atoms with van der Waals surface area (Å²) in [5.41, 5.74) is 0. The van der Waals surface area contributed by atoms with E-state index in [1.165, 1.54) is 135 Å². The van der Waals surface area contributed by atoms with E-state index in [1.54, 1.807) is 6.08 Å². The van der Waals surface area contributed by atoms with Gasteiger partial charge in [-0.25, -0.2) is 4.57 Å². The summed E-state index contributed by atoms with van der Waals surface area (Å²) < 4.78 is 23.5. The summed E-state index contributed by atoms with van der Waals surface area (Å²) in [6.45, 7) is 4.73. The molecule has 0 aliphatic carbocycles. The topological polar surface area (TPSA) is 105 Å². The average molecular weight is 840 g/mol. The maximum atomic E-state index is 12.8. The van der Waals surface area contributed by atoms with E-state index in [2.05, 4.69) is 43.5 Å². The minimum absolute atomic E-state index is 0.0545. The quantitative estimate of drug-likeness (QED) is 0.0244. The van der Waals surface area contributed by atoms with Gasteiger partial charge in [-0.15, -0.1) is 0 Å². The predicted molar refractivity (Wildman–Crippen MR) is 249 cm³/mol. The molecule has 342 valence electrons. The van der Waals surface area contributed by atoms with Crippen molar-refractivity contribution in [3.63, 3.8) is 0 Å². The monoisotopic (exact) mass is 840 g/mol. The Morgan fingerprint density at radius 2 is 0.983 bits per heavy atom. The van der Waals surface area contributed by atoms with Gasteiger partial charge < -0.3 is 19.8 Å². The normalized spacial score (nSPS) is 14.5. The van der Waals surface area contributed by atoms with Crippen molar-refractivity contribution < 1.29 is 32.9 Å². The molecule has 0 aliphatic rings. The van der Waals surface area contributed by atoms with Gasteiger partial charge in [0.15, 0.2) is 0 Å². The highest BCUT2D eigenvalue weighted by Gasteiger charge is 2.27. The molecule has 3 atom stereocenters. The zero-order valence-electron chi connectivity index (χ0n) is 38.8. The third kappa shape index (κ3) is 42.8. The van der Waals surface area contributed by atoms with Gasteiger partial charge >= 0.3 is 7.82 Å². The summed E-state index contributed by atoms with van der Waals surface area (Å²) in [5.74, 6) is -0.199. The molecule has 0 aromatic heterocycles. The first-order valence-corrected chi connectivity index (χ1v) is 25.9. The van der Waals surface area contributed by atoms with Crippen molar-refractivity contribution in [3.8, 4) is 0 Å². The first kappa shape index (κ1) is 56.7. The third-order valence-corrected chi connectivity index (χ3v) is 11.8. The predicted octanol–water partition coefficient (Wildman–Crippen LogP) is 13.9. The van der Waals surface area contributed by atoms with E-state index in [0.717, 1.165) is 64.2 Å². The second-order valence-electron chi connectivity index (χ2n) is 17.8. The molecule has 0 spiro atoms. The Balaban J connectivity index is 4.23. The molecule has 58 heavy (non-hydrogen) atoms. The molecule has 0 bridgehead atoms. The first-order valence-electron chi connectivity index (χ1n) is 24.4. The lowest BCUT2D eigenvalue weighted by molar-refractivity contribution is -0.870. The molecule has 0 radical (unpaired) electrons. The Morgan fingerprint density at radius 3 is 1.45 bits per heavy atom. The Hall–Kier alpha value is -1.28. The number of unbranched alkanes of at least 4 members (excludes halogenated alkanes) is 27. The van der Waals surface area contributed by atoms with Crippen molar-refractivity contribution in [3.05, 3.63) is 36.5 Å². The smallest absolute Gasteiger partial charge is 0.387 e. The average Bonchev–Trinajstić information content (AvgIpc) is 3.17. The summed E-state index contributed by atoms with van der Waals surface area (Å²) in [6, 6.07) is -0.865. The number of quaternary nitrogens is 1. The number of phosphoric acid groups is 1. The Bertz CT molecular complexity index is 1040. The molecule has 9 heteroatoms. The van der Waals surface area contributed by atoms with E-state index in [-0.39, 0.29) is 19.1 Å². The lowest BCUT2D eigenvalue weighted by Gasteiger charge is -2.25. The number of aliphatic hydroxyl groups is 1. The van der Waals surface area contributed by atoms with E-state index < -0.39 is 20.0 Å². The molecule has 0 aromatic rings. The van der Waals surface area contributed by atoms with Crippen LogP contribution in [0.1, 0.15) is 219 Å². The Labute approximate surface area is 359 Å². The van der Waals surface area contributed by atoms with Gasteiger partial charge in [-0.3, -0.25) is 13.8 Å². The van der Waals surface area contributed by atoms with E-state index in [1.807, 2.05) is 27.2 Å². The standard InChI is InChI=1S/C49H95N2O6P/c1-6-8-10-12-14-16-18-19-20-21-22-23-24-25-26-27-28-29-30-31-32-33-34-36-38-40-42-48(52)47(46-57-58(54,55)56-45-44-51(3,4)5)50-49(53)43-41-39-37-35-17-15-13-11-9-7-2/h11,13,33-34,40,42,47-48,52H,6-10,12,14-32,35-39,41,43-46H2,1-5H3,(H-,50,53,54,55)/p+1/b13-11-,34-33+,42-40+. The van der Waals surface area contributed by atoms with E-state index >= 15 is 0 Å². The fraction of sp³-hybridized carbons (Fsp3) is 0.857. The first-order chi connectivity index (χ1) is 28.0. The highest BCUT2D eigenvalue weighted by Crippen LogP contribution is 2.43. The van der Waals surface area contributed by atoms with Gasteiger partial charge in [0.25, 0.3) is 0 Å². The van der Waals surface area contributed by atoms with E-state index in [0.29, 0.717) is 17.4 Å². The van der Waals surface area contributed by atoms with Gasteiger partial charge in [0.05, 0.1) is 39.9 Å². The van der Waals surface area contributed by atoms with Gasteiger partial charge in [-0.2, -0.15) is 0 Å². The van der Waals surface area contributed by atoms with Crippen molar-refractivity contribution in [1.29, 1.82) is 0 Å². The van der Waals surface area contributed by atoms with Gasteiger partial charge in [0.2, 0.25) is 5.91 Å². The van der Waals surface area contributed by atoms with Crippen LogP contribution in [0.25, 0.3) is 0 Å². The van der Waals surface area contributed by atoms with Crippen LogP contribution < -0.4 is 5.32 Å². The summed E-state index contributed by atoms with van der Waals surface area (Å²) >= 11 is 0. The molecule has 3 unspecified atom stereocenters. The lowest BCUT2D eigenvalue weighted by atomic mass is 10.0. The van der Waals surface area contributed by atoms with Gasteiger partial charge in [0.1, 0.15) is 13.2 Å². The summed E-state index contributed by atoms with van der Waals surface area (Å²) in [4.78, 5) is 23.0. The number of aliphatic hydroxyl groups excluding tert-OH is 1. The van der Waals surface area contributed by atoms with Crippen molar-refractivity contribution in [2.75, 3.05) is 40.9 Å². The number of hydrogen-bond acceptors (Lipinski definition) is 5. The number of hydrogen-bond donors (Lipinski definition) is 3. The van der Waals surface area contributed by atoms with Crippen molar-refractivity contribution in [2.24, 2.45) is 0 Å². The largest absolute Gasteiger partial charge is 0.472 e. The molecular formula is C49H96N2O6P+. The van der Waals surface area contributed by atoms with Gasteiger partial charge in [-0.1, -0.05) is 198 Å². The van der Waals surface area contributed by atoms with Crippen molar-refractivity contribution in [1.82, 2.24) is 5.32 Å². The van der Waals surface area contributed by atoms with Crippen molar-refractivity contribution in [2.45, 2.75) is 231 Å². The molecule has 0 fully saturated rings. The minimum atomic E-state index is -4.34. The number of carbonyl (C=O) groups is 1. The number of nitrogens with one attached hydrogen (secondary N) is 1. The molecule has 0 rings (SSSR count).